The molecule has 3 rings (SSSR count). The van der Waals surface area contributed by atoms with Crippen LogP contribution in [0.15, 0.2) is 59.5 Å². The first-order valence-corrected chi connectivity index (χ1v) is 11.0. The molecule has 0 bridgehead atoms. The van der Waals surface area contributed by atoms with Crippen molar-refractivity contribution in [2.45, 2.75) is 51.5 Å². The molecular weight excluding hydrogens is 370 g/mol. The van der Waals surface area contributed by atoms with Gasteiger partial charge in [0.05, 0.1) is 17.1 Å². The lowest BCUT2D eigenvalue weighted by Crippen LogP contribution is -2.13. The lowest BCUT2D eigenvalue weighted by molar-refractivity contribution is 0.601. The molecule has 28 heavy (non-hydrogen) atoms. The average Bonchev–Trinajstić information content (AvgIpc) is 2.98. The van der Waals surface area contributed by atoms with E-state index in [1.165, 1.54) is 0 Å². The number of anilines is 1. The zero-order chi connectivity index (χ0) is 20.3. The van der Waals surface area contributed by atoms with Gasteiger partial charge in [0.1, 0.15) is 0 Å². The lowest BCUT2D eigenvalue weighted by atomic mass is 9.99. The van der Waals surface area contributed by atoms with Gasteiger partial charge in [-0.2, -0.15) is 5.10 Å². The summed E-state index contributed by atoms with van der Waals surface area (Å²) in [5, 5.41) is 4.46. The third-order valence-electron chi connectivity index (χ3n) is 4.99. The molecule has 1 unspecified atom stereocenters. The molecule has 0 spiro atoms. The highest BCUT2D eigenvalue weighted by Gasteiger charge is 2.15. The molecule has 1 atom stereocenters. The lowest BCUT2D eigenvalue weighted by Gasteiger charge is -2.12. The van der Waals surface area contributed by atoms with Crippen LogP contribution >= 0.6 is 0 Å². The van der Waals surface area contributed by atoms with Gasteiger partial charge in [-0.05, 0) is 67.6 Å². The number of nitrogens with zero attached hydrogens (tertiary/aromatic N) is 2. The third-order valence-corrected chi connectivity index (χ3v) is 6.38. The van der Waals surface area contributed by atoms with E-state index in [1.54, 1.807) is 18.2 Å². The van der Waals surface area contributed by atoms with Crippen molar-refractivity contribution in [1.29, 1.82) is 0 Å². The van der Waals surface area contributed by atoms with E-state index in [2.05, 4.69) is 23.7 Å². The van der Waals surface area contributed by atoms with Gasteiger partial charge in [0.15, 0.2) is 0 Å². The standard InChI is InChI=1S/C22H27N3O2S/c1-5-16(2)20-9-11-22(12-10-20)28(26,27)24-21-8-6-7-19(14-21)15-25-18(4)13-17(3)23-25/h6-14,16,24H,5,15H2,1-4H3. The number of hydrogen-bond donors (Lipinski definition) is 1. The van der Waals surface area contributed by atoms with E-state index in [-0.39, 0.29) is 4.90 Å². The van der Waals surface area contributed by atoms with E-state index in [9.17, 15) is 8.42 Å². The van der Waals surface area contributed by atoms with Crippen LogP contribution in [0.1, 0.15) is 48.7 Å². The number of rotatable bonds is 7. The van der Waals surface area contributed by atoms with Gasteiger partial charge >= 0.3 is 0 Å². The molecule has 0 saturated carbocycles. The topological polar surface area (TPSA) is 64.0 Å². The van der Waals surface area contributed by atoms with E-state index in [4.69, 9.17) is 0 Å². The molecule has 0 aliphatic rings. The molecule has 148 valence electrons. The van der Waals surface area contributed by atoms with Gasteiger partial charge in [-0.25, -0.2) is 8.42 Å². The molecular formula is C22H27N3O2S. The second-order valence-corrected chi connectivity index (χ2v) is 8.95. The maximum atomic E-state index is 12.8. The molecule has 6 heteroatoms. The highest BCUT2D eigenvalue weighted by atomic mass is 32.2. The van der Waals surface area contributed by atoms with Crippen LogP contribution < -0.4 is 4.72 Å². The molecule has 1 aromatic heterocycles. The zero-order valence-corrected chi connectivity index (χ0v) is 17.6. The summed E-state index contributed by atoms with van der Waals surface area (Å²) in [7, 11) is -3.63. The minimum Gasteiger partial charge on any atom is -0.280 e. The minimum absolute atomic E-state index is 0.267. The Morgan fingerprint density at radius 1 is 1.07 bits per heavy atom. The Kier molecular flexibility index (Phi) is 5.89. The molecule has 0 radical (unpaired) electrons. The summed E-state index contributed by atoms with van der Waals surface area (Å²) in [5.74, 6) is 0.413. The van der Waals surface area contributed by atoms with Gasteiger partial charge in [0, 0.05) is 11.4 Å². The van der Waals surface area contributed by atoms with E-state index in [0.29, 0.717) is 18.2 Å². The summed E-state index contributed by atoms with van der Waals surface area (Å²) >= 11 is 0. The molecule has 1 heterocycles. The molecule has 0 aliphatic carbocycles. The van der Waals surface area contributed by atoms with Crippen molar-refractivity contribution < 1.29 is 8.42 Å². The summed E-state index contributed by atoms with van der Waals surface area (Å²) in [5.41, 5.74) is 4.72. The number of hydrogen-bond acceptors (Lipinski definition) is 3. The van der Waals surface area contributed by atoms with Crippen molar-refractivity contribution in [3.8, 4) is 0 Å². The van der Waals surface area contributed by atoms with Crippen LogP contribution in [-0.4, -0.2) is 18.2 Å². The first-order valence-electron chi connectivity index (χ1n) is 9.51. The predicted molar refractivity (Wildman–Crippen MR) is 113 cm³/mol. The Morgan fingerprint density at radius 3 is 2.39 bits per heavy atom. The van der Waals surface area contributed by atoms with E-state index in [1.807, 2.05) is 54.9 Å². The van der Waals surface area contributed by atoms with Gasteiger partial charge in [-0.15, -0.1) is 0 Å². The molecule has 0 aliphatic heterocycles. The molecule has 1 N–H and O–H groups in total. The fourth-order valence-electron chi connectivity index (χ4n) is 3.17. The highest BCUT2D eigenvalue weighted by molar-refractivity contribution is 7.92. The van der Waals surface area contributed by atoms with Crippen LogP contribution in [0, 0.1) is 13.8 Å². The molecule has 0 fully saturated rings. The first kappa shape index (κ1) is 20.1. The minimum atomic E-state index is -3.63. The van der Waals surface area contributed by atoms with Crippen LogP contribution in [0.3, 0.4) is 0 Å². The van der Waals surface area contributed by atoms with Crippen LogP contribution in [0.25, 0.3) is 0 Å². The predicted octanol–water partition coefficient (Wildman–Crippen LogP) is 4.86. The number of nitrogens with one attached hydrogen (secondary N) is 1. The first-order chi connectivity index (χ1) is 13.3. The number of aryl methyl sites for hydroxylation is 2. The smallest absolute Gasteiger partial charge is 0.261 e. The van der Waals surface area contributed by atoms with Crippen LogP contribution in [0.5, 0.6) is 0 Å². The largest absolute Gasteiger partial charge is 0.280 e. The normalized spacial score (nSPS) is 12.7. The van der Waals surface area contributed by atoms with Crippen molar-refractivity contribution in [2.24, 2.45) is 0 Å². The van der Waals surface area contributed by atoms with Crippen LogP contribution in [0.2, 0.25) is 0 Å². The third kappa shape index (κ3) is 4.62. The number of benzene rings is 2. The molecule has 3 aromatic rings. The summed E-state index contributed by atoms with van der Waals surface area (Å²) in [6.07, 6.45) is 1.02. The average molecular weight is 398 g/mol. The highest BCUT2D eigenvalue weighted by Crippen LogP contribution is 2.22. The Bertz CT molecular complexity index is 1050. The van der Waals surface area contributed by atoms with Crippen molar-refractivity contribution >= 4 is 15.7 Å². The fraction of sp³-hybridized carbons (Fsp3) is 0.318. The quantitative estimate of drug-likeness (QED) is 0.619. The summed E-state index contributed by atoms with van der Waals surface area (Å²) in [4.78, 5) is 0.267. The van der Waals surface area contributed by atoms with Gasteiger partial charge in [-0.3, -0.25) is 9.40 Å². The zero-order valence-electron chi connectivity index (χ0n) is 16.8. The summed E-state index contributed by atoms with van der Waals surface area (Å²) in [6.45, 7) is 8.82. The van der Waals surface area contributed by atoms with E-state index >= 15 is 0 Å². The maximum Gasteiger partial charge on any atom is 0.261 e. The summed E-state index contributed by atoms with van der Waals surface area (Å²) < 4.78 is 30.1. The monoisotopic (exact) mass is 397 g/mol. The second-order valence-electron chi connectivity index (χ2n) is 7.27. The Morgan fingerprint density at radius 2 is 1.79 bits per heavy atom. The molecule has 0 saturated heterocycles. The number of aromatic nitrogens is 2. The maximum absolute atomic E-state index is 12.8. The molecule has 0 amide bonds. The Balaban J connectivity index is 1.78. The van der Waals surface area contributed by atoms with Gasteiger partial charge < -0.3 is 0 Å². The van der Waals surface area contributed by atoms with Gasteiger partial charge in [0.2, 0.25) is 0 Å². The molecule has 5 nitrogen and oxygen atoms in total. The Hall–Kier alpha value is -2.60. The van der Waals surface area contributed by atoms with Crippen molar-refractivity contribution in [1.82, 2.24) is 9.78 Å². The van der Waals surface area contributed by atoms with E-state index < -0.39 is 10.0 Å². The van der Waals surface area contributed by atoms with Crippen LogP contribution in [0.4, 0.5) is 5.69 Å². The SMILES string of the molecule is CCC(C)c1ccc(S(=O)(=O)Nc2cccc(Cn3nc(C)cc3C)c2)cc1. The molecule has 2 aromatic carbocycles. The van der Waals surface area contributed by atoms with Gasteiger partial charge in [0.25, 0.3) is 10.0 Å². The number of sulfonamides is 1. The van der Waals surface area contributed by atoms with E-state index in [0.717, 1.165) is 28.9 Å². The van der Waals surface area contributed by atoms with Gasteiger partial charge in [-0.1, -0.05) is 38.1 Å². The fourth-order valence-corrected chi connectivity index (χ4v) is 4.22. The summed E-state index contributed by atoms with van der Waals surface area (Å²) in [6, 6.07) is 16.6. The Labute approximate surface area is 167 Å². The van der Waals surface area contributed by atoms with Crippen LogP contribution in [-0.2, 0) is 16.6 Å². The van der Waals surface area contributed by atoms with Crippen molar-refractivity contribution in [2.75, 3.05) is 4.72 Å². The van der Waals surface area contributed by atoms with Crippen molar-refractivity contribution in [3.63, 3.8) is 0 Å². The van der Waals surface area contributed by atoms with Crippen molar-refractivity contribution in [3.05, 3.63) is 77.1 Å². The second kappa shape index (κ2) is 8.19.